The highest BCUT2D eigenvalue weighted by atomic mass is 16.4. The summed E-state index contributed by atoms with van der Waals surface area (Å²) in [6, 6.07) is 19.4. The summed E-state index contributed by atoms with van der Waals surface area (Å²) < 4.78 is 0. The molecule has 0 atom stereocenters. The van der Waals surface area contributed by atoms with Crippen LogP contribution < -0.4 is 5.32 Å². The Balaban J connectivity index is 1.77. The lowest BCUT2D eigenvalue weighted by Gasteiger charge is -2.11. The average Bonchev–Trinajstić information content (AvgIpc) is 2.73. The summed E-state index contributed by atoms with van der Waals surface area (Å²) in [6.07, 6.45) is 0. The molecule has 0 unspecified atom stereocenters. The maximum absolute atomic E-state index is 13.1. The number of carboxylic acids is 1. The minimum absolute atomic E-state index is 0.151. The van der Waals surface area contributed by atoms with Crippen molar-refractivity contribution in [2.75, 3.05) is 5.32 Å². The van der Waals surface area contributed by atoms with Gasteiger partial charge >= 0.3 is 5.97 Å². The van der Waals surface area contributed by atoms with Crippen LogP contribution in [0.25, 0.3) is 22.3 Å². The third-order valence-corrected chi connectivity index (χ3v) is 4.83. The number of nitrogens with one attached hydrogen (secondary N) is 1. The fourth-order valence-corrected chi connectivity index (χ4v) is 3.32. The van der Waals surface area contributed by atoms with Crippen LogP contribution in [0.1, 0.15) is 32.0 Å². The Morgan fingerprint density at radius 2 is 1.63 bits per heavy atom. The van der Waals surface area contributed by atoms with Gasteiger partial charge in [-0.15, -0.1) is 0 Å². The number of hydrogen-bond donors (Lipinski definition) is 2. The first-order valence-corrected chi connectivity index (χ1v) is 9.41. The lowest BCUT2D eigenvalue weighted by atomic mass is 10.0. The Hall–Kier alpha value is -4.06. The fourth-order valence-electron chi connectivity index (χ4n) is 3.32. The Kier molecular flexibility index (Phi) is 4.98. The number of aryl methyl sites for hydroxylation is 2. The summed E-state index contributed by atoms with van der Waals surface area (Å²) in [5.74, 6) is -0.923. The van der Waals surface area contributed by atoms with E-state index in [0.29, 0.717) is 22.4 Å². The number of carbonyl (C=O) groups excluding carboxylic acids is 1. The van der Waals surface area contributed by atoms with Gasteiger partial charge in [-0.2, -0.15) is 0 Å². The van der Waals surface area contributed by atoms with E-state index < -0.39 is 5.97 Å². The number of carboxylic acid groups (broad SMARTS) is 1. The molecule has 148 valence electrons. The van der Waals surface area contributed by atoms with E-state index in [4.69, 9.17) is 5.11 Å². The first-order valence-electron chi connectivity index (χ1n) is 9.41. The van der Waals surface area contributed by atoms with E-state index in [1.54, 1.807) is 12.1 Å². The zero-order valence-electron chi connectivity index (χ0n) is 16.5. The first kappa shape index (κ1) is 19.3. The average molecular weight is 397 g/mol. The second-order valence-electron chi connectivity index (χ2n) is 7.07. The fraction of sp³-hybridized carbons (Fsp3) is 0.0833. The van der Waals surface area contributed by atoms with Crippen molar-refractivity contribution in [1.82, 2.24) is 9.97 Å². The smallest absolute Gasteiger partial charge is 0.335 e. The maximum atomic E-state index is 13.1. The number of carbonyl (C=O) groups is 2. The molecular formula is C24H19N3O3. The molecule has 1 amide bonds. The molecule has 4 rings (SSSR count). The number of benzene rings is 3. The molecule has 6 nitrogen and oxygen atoms in total. The summed E-state index contributed by atoms with van der Waals surface area (Å²) in [5, 5.41) is 12.5. The lowest BCUT2D eigenvalue weighted by molar-refractivity contribution is 0.0696. The SMILES string of the molecule is Cc1ccc(-c2nc(C(=O)Nc3ccc(C(=O)O)cc3)c3ccccc3n2)c(C)c1. The maximum Gasteiger partial charge on any atom is 0.335 e. The Morgan fingerprint density at radius 3 is 2.33 bits per heavy atom. The molecule has 0 aliphatic heterocycles. The van der Waals surface area contributed by atoms with Gasteiger partial charge in [0, 0.05) is 16.6 Å². The van der Waals surface area contributed by atoms with Crippen molar-refractivity contribution in [3.05, 3.63) is 89.1 Å². The van der Waals surface area contributed by atoms with Gasteiger partial charge in [-0.05, 0) is 49.7 Å². The number of rotatable bonds is 4. The molecule has 0 aliphatic carbocycles. The molecule has 1 heterocycles. The van der Waals surface area contributed by atoms with Crippen LogP contribution in [-0.2, 0) is 0 Å². The summed E-state index contributed by atoms with van der Waals surface area (Å²) in [4.78, 5) is 33.3. The van der Waals surface area contributed by atoms with Crippen molar-refractivity contribution in [3.63, 3.8) is 0 Å². The van der Waals surface area contributed by atoms with Crippen LogP contribution >= 0.6 is 0 Å². The van der Waals surface area contributed by atoms with E-state index in [1.165, 1.54) is 12.1 Å². The molecule has 0 spiro atoms. The third-order valence-electron chi connectivity index (χ3n) is 4.83. The second kappa shape index (κ2) is 7.75. The number of hydrogen-bond acceptors (Lipinski definition) is 4. The van der Waals surface area contributed by atoms with E-state index in [2.05, 4.69) is 21.4 Å². The number of para-hydroxylation sites is 1. The topological polar surface area (TPSA) is 92.2 Å². The number of aromatic nitrogens is 2. The van der Waals surface area contributed by atoms with Gasteiger partial charge in [0.05, 0.1) is 11.1 Å². The zero-order chi connectivity index (χ0) is 21.3. The van der Waals surface area contributed by atoms with Gasteiger partial charge in [0.15, 0.2) is 5.82 Å². The van der Waals surface area contributed by atoms with Gasteiger partial charge in [0.1, 0.15) is 5.69 Å². The highest BCUT2D eigenvalue weighted by Gasteiger charge is 2.17. The molecule has 0 aliphatic rings. The predicted octanol–water partition coefficient (Wildman–Crippen LogP) is 4.86. The van der Waals surface area contributed by atoms with E-state index in [1.807, 2.05) is 50.2 Å². The summed E-state index contributed by atoms with van der Waals surface area (Å²) in [7, 11) is 0. The number of nitrogens with zero attached hydrogens (tertiary/aromatic N) is 2. The van der Waals surface area contributed by atoms with Gasteiger partial charge in [-0.1, -0.05) is 42.0 Å². The predicted molar refractivity (Wildman–Crippen MR) is 116 cm³/mol. The van der Waals surface area contributed by atoms with Crippen molar-refractivity contribution in [1.29, 1.82) is 0 Å². The summed E-state index contributed by atoms with van der Waals surface area (Å²) >= 11 is 0. The summed E-state index contributed by atoms with van der Waals surface area (Å²) in [6.45, 7) is 4.01. The minimum Gasteiger partial charge on any atom is -0.478 e. The molecule has 0 saturated carbocycles. The second-order valence-corrected chi connectivity index (χ2v) is 7.07. The number of anilines is 1. The Morgan fingerprint density at radius 1 is 0.900 bits per heavy atom. The van der Waals surface area contributed by atoms with Crippen LogP contribution in [0.15, 0.2) is 66.7 Å². The molecule has 2 N–H and O–H groups in total. The minimum atomic E-state index is -1.02. The lowest BCUT2D eigenvalue weighted by Crippen LogP contribution is -2.15. The van der Waals surface area contributed by atoms with Crippen LogP contribution in [0.5, 0.6) is 0 Å². The normalized spacial score (nSPS) is 10.7. The van der Waals surface area contributed by atoms with E-state index in [9.17, 15) is 9.59 Å². The van der Waals surface area contributed by atoms with Gasteiger partial charge < -0.3 is 10.4 Å². The van der Waals surface area contributed by atoms with Crippen LogP contribution in [0, 0.1) is 13.8 Å². The Labute approximate surface area is 173 Å². The van der Waals surface area contributed by atoms with Gasteiger partial charge in [-0.25, -0.2) is 14.8 Å². The van der Waals surface area contributed by atoms with Gasteiger partial charge in [0.25, 0.3) is 5.91 Å². The van der Waals surface area contributed by atoms with E-state index in [0.717, 1.165) is 16.7 Å². The molecule has 1 aromatic heterocycles. The van der Waals surface area contributed by atoms with E-state index in [-0.39, 0.29) is 17.2 Å². The highest BCUT2D eigenvalue weighted by molar-refractivity contribution is 6.11. The molecule has 6 heteroatoms. The van der Waals surface area contributed by atoms with Crippen molar-refractivity contribution in [3.8, 4) is 11.4 Å². The molecule has 0 radical (unpaired) electrons. The zero-order valence-corrected chi connectivity index (χ0v) is 16.5. The quantitative estimate of drug-likeness (QED) is 0.513. The van der Waals surface area contributed by atoms with Crippen LogP contribution in [0.2, 0.25) is 0 Å². The molecule has 4 aromatic rings. The number of fused-ring (bicyclic) bond motifs is 1. The Bertz CT molecular complexity index is 1280. The van der Waals surface area contributed by atoms with Crippen LogP contribution in [-0.4, -0.2) is 27.0 Å². The van der Waals surface area contributed by atoms with Crippen molar-refractivity contribution in [2.24, 2.45) is 0 Å². The molecule has 0 saturated heterocycles. The molecular weight excluding hydrogens is 378 g/mol. The third kappa shape index (κ3) is 3.75. The van der Waals surface area contributed by atoms with Crippen molar-refractivity contribution < 1.29 is 14.7 Å². The van der Waals surface area contributed by atoms with Crippen molar-refractivity contribution >= 4 is 28.5 Å². The van der Waals surface area contributed by atoms with Gasteiger partial charge in [-0.3, -0.25) is 4.79 Å². The van der Waals surface area contributed by atoms with Gasteiger partial charge in [0.2, 0.25) is 0 Å². The van der Waals surface area contributed by atoms with Crippen LogP contribution in [0.3, 0.4) is 0 Å². The first-order chi connectivity index (χ1) is 14.4. The van der Waals surface area contributed by atoms with Crippen molar-refractivity contribution in [2.45, 2.75) is 13.8 Å². The van der Waals surface area contributed by atoms with Crippen LogP contribution in [0.4, 0.5) is 5.69 Å². The number of aromatic carboxylic acids is 1. The monoisotopic (exact) mass is 397 g/mol. The standard InChI is InChI=1S/C24H19N3O3/c1-14-7-12-18(15(2)13-14)22-26-20-6-4-3-5-19(20)21(27-22)23(28)25-17-10-8-16(9-11-17)24(29)30/h3-13H,1-2H3,(H,25,28)(H,29,30). The molecule has 30 heavy (non-hydrogen) atoms. The number of amides is 1. The highest BCUT2D eigenvalue weighted by Crippen LogP contribution is 2.25. The largest absolute Gasteiger partial charge is 0.478 e. The molecule has 0 bridgehead atoms. The van der Waals surface area contributed by atoms with E-state index >= 15 is 0 Å². The molecule has 0 fully saturated rings. The molecule has 3 aromatic carbocycles. The summed E-state index contributed by atoms with van der Waals surface area (Å²) in [5.41, 5.74) is 4.61.